The number of hydrogen-bond donors (Lipinski definition) is 1. The van der Waals surface area contributed by atoms with Gasteiger partial charge in [-0.2, -0.15) is 5.10 Å². The van der Waals surface area contributed by atoms with E-state index in [1.165, 1.54) is 0 Å². The van der Waals surface area contributed by atoms with Crippen molar-refractivity contribution in [2.75, 3.05) is 13.6 Å². The molecule has 2 aromatic heterocycles. The Morgan fingerprint density at radius 1 is 1.45 bits per heavy atom. The molecule has 0 saturated carbocycles. The van der Waals surface area contributed by atoms with E-state index in [0.29, 0.717) is 6.54 Å². The summed E-state index contributed by atoms with van der Waals surface area (Å²) in [5, 5.41) is 7.21. The second-order valence-electron chi connectivity index (χ2n) is 5.47. The van der Waals surface area contributed by atoms with Gasteiger partial charge in [-0.3, -0.25) is 9.67 Å². The Labute approximate surface area is 131 Å². The lowest BCUT2D eigenvalue weighted by molar-refractivity contribution is 0.206. The van der Waals surface area contributed by atoms with Crippen LogP contribution in [0.15, 0.2) is 30.6 Å². The summed E-state index contributed by atoms with van der Waals surface area (Å²) in [5.74, 6) is 0. The molecular weight excluding hydrogens is 278 g/mol. The molecule has 2 amide bonds. The van der Waals surface area contributed by atoms with Crippen LogP contribution in [0.2, 0.25) is 0 Å². The van der Waals surface area contributed by atoms with E-state index in [1.54, 1.807) is 24.3 Å². The van der Waals surface area contributed by atoms with Gasteiger partial charge in [-0.1, -0.05) is 6.07 Å². The number of pyridine rings is 1. The lowest BCUT2D eigenvalue weighted by atomic mass is 10.1. The van der Waals surface area contributed by atoms with Gasteiger partial charge in [0, 0.05) is 50.2 Å². The van der Waals surface area contributed by atoms with Crippen molar-refractivity contribution in [1.29, 1.82) is 0 Å². The highest BCUT2D eigenvalue weighted by Gasteiger charge is 2.16. The van der Waals surface area contributed by atoms with Crippen LogP contribution in [0.3, 0.4) is 0 Å². The van der Waals surface area contributed by atoms with Crippen LogP contribution in [-0.4, -0.2) is 39.3 Å². The van der Waals surface area contributed by atoms with E-state index in [2.05, 4.69) is 15.4 Å². The molecule has 1 N–H and O–H groups in total. The minimum atomic E-state index is -0.0910. The number of carbonyl (C=O) groups excluding carboxylic acids is 1. The monoisotopic (exact) mass is 301 g/mol. The Balaban J connectivity index is 1.87. The third kappa shape index (κ3) is 3.84. The van der Waals surface area contributed by atoms with E-state index in [9.17, 15) is 4.79 Å². The second-order valence-corrected chi connectivity index (χ2v) is 5.47. The number of likely N-dealkylation sites (N-methyl/N-ethyl adjacent to an activating group) is 1. The third-order valence-electron chi connectivity index (χ3n) is 3.86. The number of rotatable bonds is 5. The maximum Gasteiger partial charge on any atom is 0.317 e. The van der Waals surface area contributed by atoms with Gasteiger partial charge in [0.25, 0.3) is 0 Å². The highest BCUT2D eigenvalue weighted by atomic mass is 16.2. The summed E-state index contributed by atoms with van der Waals surface area (Å²) in [5.41, 5.74) is 3.08. The van der Waals surface area contributed by atoms with Gasteiger partial charge in [0.2, 0.25) is 0 Å². The Hall–Kier alpha value is -2.37. The van der Waals surface area contributed by atoms with Crippen molar-refractivity contribution < 1.29 is 4.79 Å². The Bertz CT molecular complexity index is 623. The summed E-state index contributed by atoms with van der Waals surface area (Å²) in [7, 11) is 3.69. The number of nitrogens with one attached hydrogen (secondary N) is 1. The first kappa shape index (κ1) is 16.0. The molecule has 2 heterocycles. The van der Waals surface area contributed by atoms with Crippen LogP contribution in [0.5, 0.6) is 0 Å². The molecule has 6 heteroatoms. The van der Waals surface area contributed by atoms with E-state index in [-0.39, 0.29) is 12.1 Å². The second kappa shape index (κ2) is 7.06. The minimum Gasteiger partial charge on any atom is -0.331 e. The molecule has 0 aliphatic heterocycles. The van der Waals surface area contributed by atoms with Crippen molar-refractivity contribution in [3.05, 3.63) is 47.5 Å². The lowest BCUT2D eigenvalue weighted by Gasteiger charge is -2.21. The molecule has 118 valence electrons. The molecule has 0 aliphatic rings. The predicted molar refractivity (Wildman–Crippen MR) is 85.5 cm³/mol. The fourth-order valence-electron chi connectivity index (χ4n) is 2.24. The number of aromatic nitrogens is 3. The highest BCUT2D eigenvalue weighted by molar-refractivity contribution is 5.74. The minimum absolute atomic E-state index is 0.0708. The Morgan fingerprint density at radius 2 is 2.23 bits per heavy atom. The average Bonchev–Trinajstić information content (AvgIpc) is 2.85. The van der Waals surface area contributed by atoms with Crippen molar-refractivity contribution in [3.63, 3.8) is 0 Å². The van der Waals surface area contributed by atoms with Gasteiger partial charge >= 0.3 is 6.03 Å². The zero-order valence-electron chi connectivity index (χ0n) is 13.6. The van der Waals surface area contributed by atoms with Gasteiger partial charge in [-0.15, -0.1) is 0 Å². The highest BCUT2D eigenvalue weighted by Crippen LogP contribution is 2.16. The third-order valence-corrected chi connectivity index (χ3v) is 3.86. The SMILES string of the molecule is Cc1c(C(C)NC(=O)N(C)CCc2ccccn2)cnn1C. The van der Waals surface area contributed by atoms with E-state index in [0.717, 1.165) is 23.4 Å². The topological polar surface area (TPSA) is 63.1 Å². The van der Waals surface area contributed by atoms with Crippen LogP contribution in [0.1, 0.15) is 29.9 Å². The number of aryl methyl sites for hydroxylation is 1. The van der Waals surface area contributed by atoms with Crippen LogP contribution in [0.25, 0.3) is 0 Å². The maximum atomic E-state index is 12.2. The van der Waals surface area contributed by atoms with Gasteiger partial charge in [0.05, 0.1) is 12.2 Å². The number of carbonyl (C=O) groups is 1. The first-order chi connectivity index (χ1) is 10.5. The van der Waals surface area contributed by atoms with Crippen molar-refractivity contribution in [3.8, 4) is 0 Å². The van der Waals surface area contributed by atoms with E-state index in [1.807, 2.05) is 43.8 Å². The quantitative estimate of drug-likeness (QED) is 0.919. The normalized spacial score (nSPS) is 12.0. The molecule has 2 aromatic rings. The molecule has 0 spiro atoms. The zero-order chi connectivity index (χ0) is 16.1. The summed E-state index contributed by atoms with van der Waals surface area (Å²) in [6.45, 7) is 4.59. The van der Waals surface area contributed by atoms with Crippen LogP contribution >= 0.6 is 0 Å². The largest absolute Gasteiger partial charge is 0.331 e. The van der Waals surface area contributed by atoms with E-state index in [4.69, 9.17) is 0 Å². The summed E-state index contributed by atoms with van der Waals surface area (Å²) >= 11 is 0. The summed E-state index contributed by atoms with van der Waals surface area (Å²) in [4.78, 5) is 18.2. The molecule has 0 bridgehead atoms. The smallest absolute Gasteiger partial charge is 0.317 e. The fourth-order valence-corrected chi connectivity index (χ4v) is 2.24. The Morgan fingerprint density at radius 3 is 2.82 bits per heavy atom. The Kier molecular flexibility index (Phi) is 5.14. The van der Waals surface area contributed by atoms with E-state index < -0.39 is 0 Å². The fraction of sp³-hybridized carbons (Fsp3) is 0.438. The molecule has 0 radical (unpaired) electrons. The maximum absolute atomic E-state index is 12.2. The molecule has 6 nitrogen and oxygen atoms in total. The van der Waals surface area contributed by atoms with Crippen molar-refractivity contribution >= 4 is 6.03 Å². The van der Waals surface area contributed by atoms with Gasteiger partial charge < -0.3 is 10.2 Å². The molecule has 1 atom stereocenters. The van der Waals surface area contributed by atoms with Crippen LogP contribution in [-0.2, 0) is 13.5 Å². The van der Waals surface area contributed by atoms with Gasteiger partial charge in [-0.25, -0.2) is 4.79 Å². The number of amides is 2. The van der Waals surface area contributed by atoms with Gasteiger partial charge in [-0.05, 0) is 26.0 Å². The van der Waals surface area contributed by atoms with Crippen molar-refractivity contribution in [1.82, 2.24) is 25.0 Å². The van der Waals surface area contributed by atoms with Gasteiger partial charge in [0.1, 0.15) is 0 Å². The van der Waals surface area contributed by atoms with Crippen LogP contribution in [0.4, 0.5) is 4.79 Å². The van der Waals surface area contributed by atoms with Crippen molar-refractivity contribution in [2.45, 2.75) is 26.3 Å². The predicted octanol–water partition coefficient (Wildman–Crippen LogP) is 2.07. The number of urea groups is 1. The number of nitrogens with zero attached hydrogens (tertiary/aromatic N) is 4. The summed E-state index contributed by atoms with van der Waals surface area (Å²) in [6.07, 6.45) is 4.31. The summed E-state index contributed by atoms with van der Waals surface area (Å²) < 4.78 is 1.81. The van der Waals surface area contributed by atoms with Gasteiger partial charge in [0.15, 0.2) is 0 Å². The molecule has 0 aliphatic carbocycles. The standard InChI is InChI=1S/C16H23N5O/c1-12(15-11-18-21(4)13(15)2)19-16(22)20(3)10-8-14-7-5-6-9-17-14/h5-7,9,11-12H,8,10H2,1-4H3,(H,19,22). The molecule has 0 aromatic carbocycles. The van der Waals surface area contributed by atoms with Crippen LogP contribution < -0.4 is 5.32 Å². The summed E-state index contributed by atoms with van der Waals surface area (Å²) in [6, 6.07) is 5.64. The zero-order valence-corrected chi connectivity index (χ0v) is 13.6. The molecule has 0 saturated heterocycles. The lowest BCUT2D eigenvalue weighted by Crippen LogP contribution is -2.39. The molecule has 1 unspecified atom stereocenters. The first-order valence-electron chi connectivity index (χ1n) is 7.39. The van der Waals surface area contributed by atoms with Crippen LogP contribution in [0, 0.1) is 6.92 Å². The number of hydrogen-bond acceptors (Lipinski definition) is 3. The van der Waals surface area contributed by atoms with E-state index >= 15 is 0 Å². The first-order valence-corrected chi connectivity index (χ1v) is 7.39. The molecule has 0 fully saturated rings. The average molecular weight is 301 g/mol. The molecular formula is C16H23N5O. The molecule has 2 rings (SSSR count). The molecule has 22 heavy (non-hydrogen) atoms. The van der Waals surface area contributed by atoms with Crippen molar-refractivity contribution in [2.24, 2.45) is 7.05 Å².